The predicted molar refractivity (Wildman–Crippen MR) is 131 cm³/mol. The molecule has 0 unspecified atom stereocenters. The van der Waals surface area contributed by atoms with Crippen molar-refractivity contribution in [3.63, 3.8) is 0 Å². The fourth-order valence-electron chi connectivity index (χ4n) is 3.70. The maximum Gasteiger partial charge on any atom is 0.253 e. The molecule has 6 heteroatoms. The summed E-state index contributed by atoms with van der Waals surface area (Å²) in [6.07, 6.45) is 2.36. The van der Waals surface area contributed by atoms with Crippen molar-refractivity contribution in [3.8, 4) is 11.8 Å². The summed E-state index contributed by atoms with van der Waals surface area (Å²) in [6, 6.07) is 17.0. The zero-order valence-electron chi connectivity index (χ0n) is 19.6. The Morgan fingerprint density at radius 1 is 0.970 bits per heavy atom. The lowest BCUT2D eigenvalue weighted by atomic mass is 10.1. The second kappa shape index (κ2) is 12.8. The van der Waals surface area contributed by atoms with E-state index in [0.29, 0.717) is 38.2 Å². The Hall–Kier alpha value is -3.14. The van der Waals surface area contributed by atoms with Gasteiger partial charge in [-0.2, -0.15) is 5.06 Å². The highest BCUT2D eigenvalue weighted by Crippen LogP contribution is 2.15. The van der Waals surface area contributed by atoms with Crippen molar-refractivity contribution in [1.29, 1.82) is 0 Å². The van der Waals surface area contributed by atoms with Crippen LogP contribution in [0.4, 0.5) is 5.69 Å². The molecule has 2 aromatic rings. The summed E-state index contributed by atoms with van der Waals surface area (Å²) in [5, 5.41) is 1.91. The third-order valence-electron chi connectivity index (χ3n) is 5.55. The number of hydrogen-bond acceptors (Lipinski definition) is 4. The molecule has 3 rings (SSSR count). The van der Waals surface area contributed by atoms with Crippen molar-refractivity contribution in [2.24, 2.45) is 0 Å². The number of piperazine rings is 1. The number of carbonyl (C=O) groups is 2. The van der Waals surface area contributed by atoms with E-state index in [4.69, 9.17) is 4.84 Å². The van der Waals surface area contributed by atoms with Gasteiger partial charge in [-0.1, -0.05) is 43.4 Å². The predicted octanol–water partition coefficient (Wildman–Crippen LogP) is 3.97. The summed E-state index contributed by atoms with van der Waals surface area (Å²) < 4.78 is 0. The minimum absolute atomic E-state index is 0.0300. The second-order valence-corrected chi connectivity index (χ2v) is 7.94. The molecule has 1 aliphatic rings. The van der Waals surface area contributed by atoms with E-state index in [0.717, 1.165) is 37.2 Å². The van der Waals surface area contributed by atoms with Crippen LogP contribution >= 0.6 is 0 Å². The number of benzene rings is 2. The number of carbonyl (C=O) groups excluding carboxylic acids is 2. The van der Waals surface area contributed by atoms with Crippen molar-refractivity contribution in [1.82, 2.24) is 9.96 Å². The molecule has 1 fully saturated rings. The van der Waals surface area contributed by atoms with Gasteiger partial charge < -0.3 is 9.80 Å². The molecule has 0 N–H and O–H groups in total. The number of para-hydroxylation sites is 1. The Morgan fingerprint density at radius 2 is 1.67 bits per heavy atom. The molecule has 33 heavy (non-hydrogen) atoms. The van der Waals surface area contributed by atoms with Gasteiger partial charge in [0, 0.05) is 49.4 Å². The average molecular weight is 448 g/mol. The van der Waals surface area contributed by atoms with Crippen molar-refractivity contribution in [3.05, 3.63) is 65.7 Å². The van der Waals surface area contributed by atoms with Crippen LogP contribution in [0.1, 0.15) is 49.0 Å². The number of hydroxylamine groups is 2. The van der Waals surface area contributed by atoms with Crippen LogP contribution in [0.25, 0.3) is 0 Å². The fraction of sp³-hybridized carbons (Fsp3) is 0.407. The highest BCUT2D eigenvalue weighted by molar-refractivity contribution is 5.94. The molecule has 0 saturated carbocycles. The number of rotatable bonds is 8. The molecule has 0 spiro atoms. The van der Waals surface area contributed by atoms with Crippen LogP contribution in [-0.4, -0.2) is 61.1 Å². The summed E-state index contributed by atoms with van der Waals surface area (Å²) in [5.41, 5.74) is 2.34. The second-order valence-electron chi connectivity index (χ2n) is 7.94. The zero-order chi connectivity index (χ0) is 23.5. The van der Waals surface area contributed by atoms with Gasteiger partial charge in [0.05, 0.1) is 13.2 Å². The Balaban J connectivity index is 1.60. The van der Waals surface area contributed by atoms with Crippen LogP contribution in [0.15, 0.2) is 54.6 Å². The first-order valence-electron chi connectivity index (χ1n) is 11.7. The topological polar surface area (TPSA) is 53.1 Å². The average Bonchev–Trinajstić information content (AvgIpc) is 2.86. The molecule has 1 aliphatic heterocycles. The first kappa shape index (κ1) is 24.5. The van der Waals surface area contributed by atoms with E-state index >= 15 is 0 Å². The third-order valence-corrected chi connectivity index (χ3v) is 5.55. The maximum absolute atomic E-state index is 12.8. The van der Waals surface area contributed by atoms with Crippen molar-refractivity contribution >= 4 is 17.5 Å². The Morgan fingerprint density at radius 3 is 2.30 bits per heavy atom. The van der Waals surface area contributed by atoms with Gasteiger partial charge in [0.15, 0.2) is 0 Å². The molecule has 1 saturated heterocycles. The van der Waals surface area contributed by atoms with Gasteiger partial charge in [-0.3, -0.25) is 14.4 Å². The molecule has 174 valence electrons. The molecule has 1 heterocycles. The number of hydrogen-bond donors (Lipinski definition) is 0. The number of nitrogens with zero attached hydrogens (tertiary/aromatic N) is 3. The normalized spacial score (nSPS) is 13.8. The number of anilines is 1. The summed E-state index contributed by atoms with van der Waals surface area (Å²) >= 11 is 0. The largest absolute Gasteiger partial charge is 0.336 e. The van der Waals surface area contributed by atoms with Crippen LogP contribution in [0.3, 0.4) is 0 Å². The van der Waals surface area contributed by atoms with Gasteiger partial charge in [-0.15, -0.1) is 0 Å². The summed E-state index contributed by atoms with van der Waals surface area (Å²) in [4.78, 5) is 34.6. The first-order chi connectivity index (χ1) is 16.1. The minimum atomic E-state index is 0.0300. The van der Waals surface area contributed by atoms with Gasteiger partial charge >= 0.3 is 0 Å². The third kappa shape index (κ3) is 7.18. The molecule has 2 aromatic carbocycles. The fourth-order valence-corrected chi connectivity index (χ4v) is 3.70. The number of unbranched alkanes of at least 4 members (excludes halogenated alkanes) is 1. The molecule has 6 nitrogen and oxygen atoms in total. The highest BCUT2D eigenvalue weighted by Gasteiger charge is 2.22. The SMILES string of the molecule is CCCCC(=O)N(CC#Cc1ccc(C(=O)N2CCN(OCC)CC2)cc1)c1ccccc1. The van der Waals surface area contributed by atoms with Gasteiger partial charge in [-0.25, -0.2) is 0 Å². The monoisotopic (exact) mass is 447 g/mol. The van der Waals surface area contributed by atoms with E-state index in [9.17, 15) is 9.59 Å². The standard InChI is InChI=1S/C27H33N3O3/c1-3-5-13-26(31)30(25-11-7-6-8-12-25)18-9-10-23-14-16-24(17-15-23)27(32)28-19-21-29(22-20-28)33-4-2/h6-8,11-12,14-17H,3-5,13,18-22H2,1-2H3. The number of amides is 2. The van der Waals surface area contributed by atoms with Gasteiger partial charge in [0.1, 0.15) is 0 Å². The van der Waals surface area contributed by atoms with E-state index in [1.807, 2.05) is 71.5 Å². The maximum atomic E-state index is 12.8. The lowest BCUT2D eigenvalue weighted by Gasteiger charge is -2.33. The zero-order valence-corrected chi connectivity index (χ0v) is 19.6. The van der Waals surface area contributed by atoms with Crippen molar-refractivity contribution in [2.45, 2.75) is 33.1 Å². The quantitative estimate of drug-likeness (QED) is 0.575. The van der Waals surface area contributed by atoms with Gasteiger partial charge in [-0.05, 0) is 49.7 Å². The van der Waals surface area contributed by atoms with Crippen LogP contribution < -0.4 is 4.90 Å². The van der Waals surface area contributed by atoms with Crippen LogP contribution in [0, 0.1) is 11.8 Å². The Kier molecular flexibility index (Phi) is 9.49. The molecule has 0 radical (unpaired) electrons. The molecule has 0 atom stereocenters. The lowest BCUT2D eigenvalue weighted by molar-refractivity contribution is -0.169. The van der Waals surface area contributed by atoms with Crippen LogP contribution in [0.2, 0.25) is 0 Å². The molecular weight excluding hydrogens is 414 g/mol. The van der Waals surface area contributed by atoms with Crippen molar-refractivity contribution in [2.75, 3.05) is 44.2 Å². The summed E-state index contributed by atoms with van der Waals surface area (Å²) in [7, 11) is 0. The highest BCUT2D eigenvalue weighted by atomic mass is 16.7. The van der Waals surface area contributed by atoms with E-state index < -0.39 is 0 Å². The van der Waals surface area contributed by atoms with Gasteiger partial charge in [0.25, 0.3) is 5.91 Å². The summed E-state index contributed by atoms with van der Waals surface area (Å²) in [6.45, 7) is 7.77. The molecular formula is C27H33N3O3. The van der Waals surface area contributed by atoms with Crippen molar-refractivity contribution < 1.29 is 14.4 Å². The van der Waals surface area contributed by atoms with E-state index in [2.05, 4.69) is 18.8 Å². The minimum Gasteiger partial charge on any atom is -0.336 e. The molecule has 0 bridgehead atoms. The van der Waals surface area contributed by atoms with Gasteiger partial charge in [0.2, 0.25) is 5.91 Å². The van der Waals surface area contributed by atoms with Crippen LogP contribution in [0.5, 0.6) is 0 Å². The Labute approximate surface area is 197 Å². The molecule has 2 amide bonds. The van der Waals surface area contributed by atoms with E-state index in [1.54, 1.807) is 4.90 Å². The van der Waals surface area contributed by atoms with E-state index in [1.165, 1.54) is 0 Å². The molecule has 0 aromatic heterocycles. The smallest absolute Gasteiger partial charge is 0.253 e. The van der Waals surface area contributed by atoms with E-state index in [-0.39, 0.29) is 11.8 Å². The summed E-state index contributed by atoms with van der Waals surface area (Å²) in [5.74, 6) is 6.37. The first-order valence-corrected chi connectivity index (χ1v) is 11.7. The Bertz CT molecular complexity index is 956. The lowest BCUT2D eigenvalue weighted by Crippen LogP contribution is -2.48. The van der Waals surface area contributed by atoms with Crippen LogP contribution in [-0.2, 0) is 9.63 Å². The molecule has 0 aliphatic carbocycles.